The van der Waals surface area contributed by atoms with Crippen molar-refractivity contribution in [3.05, 3.63) is 0 Å². The van der Waals surface area contributed by atoms with Gasteiger partial charge in [0.05, 0.1) is 33.6 Å². The lowest BCUT2D eigenvalue weighted by Crippen LogP contribution is -2.73. The van der Waals surface area contributed by atoms with Gasteiger partial charge in [-0.25, -0.2) is 0 Å². The van der Waals surface area contributed by atoms with Gasteiger partial charge in [0.25, 0.3) is 0 Å². The molecule has 0 unspecified atom stereocenters. The maximum atomic E-state index is 7.98. The smallest absolute Gasteiger partial charge is 0.0747 e. The summed E-state index contributed by atoms with van der Waals surface area (Å²) >= 11 is 0. The second kappa shape index (κ2) is 8.11. The summed E-state index contributed by atoms with van der Waals surface area (Å²) in [5.74, 6) is 9.32. The van der Waals surface area contributed by atoms with E-state index >= 15 is 0 Å². The van der Waals surface area contributed by atoms with Gasteiger partial charge in [-0.2, -0.15) is 0 Å². The molecule has 0 heterocycles. The van der Waals surface area contributed by atoms with E-state index in [1.54, 1.807) is 0 Å². The highest BCUT2D eigenvalue weighted by molar-refractivity contribution is 5.21. The molecule has 16 rings (SSSR count). The van der Waals surface area contributed by atoms with E-state index in [4.69, 9.17) is 14.2 Å². The third kappa shape index (κ3) is 3.83. The van der Waals surface area contributed by atoms with Crippen molar-refractivity contribution < 1.29 is 14.2 Å². The summed E-state index contributed by atoms with van der Waals surface area (Å²) in [6.45, 7) is 0. The van der Waals surface area contributed by atoms with Gasteiger partial charge in [0.2, 0.25) is 0 Å². The average molecular weight is 587 g/mol. The van der Waals surface area contributed by atoms with Crippen LogP contribution in [0.2, 0.25) is 0 Å². The minimum absolute atomic E-state index is 0.00960. The van der Waals surface area contributed by atoms with Crippen LogP contribution in [0.25, 0.3) is 0 Å². The molecule has 0 aromatic rings. The number of rotatable bonds is 6. The van der Waals surface area contributed by atoms with Crippen molar-refractivity contribution in [2.75, 3.05) is 0 Å². The minimum atomic E-state index is 0.00960. The molecule has 0 atom stereocenters. The predicted molar refractivity (Wildman–Crippen MR) is 165 cm³/mol. The largest absolute Gasteiger partial charge is 0.368 e. The van der Waals surface area contributed by atoms with Crippen molar-refractivity contribution in [1.29, 1.82) is 0 Å². The van der Waals surface area contributed by atoms with E-state index in [0.29, 0.717) is 0 Å². The van der Waals surface area contributed by atoms with E-state index < -0.39 is 0 Å². The van der Waals surface area contributed by atoms with E-state index in [1.165, 1.54) is 154 Å². The summed E-state index contributed by atoms with van der Waals surface area (Å²) in [6.07, 6.45) is 33.5. The van der Waals surface area contributed by atoms with Crippen molar-refractivity contribution in [3.8, 4) is 0 Å². The lowest BCUT2D eigenvalue weighted by molar-refractivity contribution is -0.366. The van der Waals surface area contributed by atoms with Crippen LogP contribution >= 0.6 is 0 Å². The number of hydrogen-bond donors (Lipinski definition) is 0. The molecule has 0 saturated heterocycles. The first-order valence-corrected chi connectivity index (χ1v) is 19.8. The standard InChI is InChI=1S/C40H58O3/c1-25-2-27-3-26(1)11-35(10-25,12-27)41-38-19-34-20-39(22-38,42-36-13-28-4-29(14-36)6-30(5-28)15-36)24-40(21-34,23-38)43-37-16-31-7-32(17-37)9-33(8-31)18-37/h25-34H,1-24H2. The normalized spacial score (nSPS) is 66.1. The first-order chi connectivity index (χ1) is 20.7. The zero-order valence-electron chi connectivity index (χ0n) is 27.0. The van der Waals surface area contributed by atoms with E-state index in [-0.39, 0.29) is 33.6 Å². The summed E-state index contributed by atoms with van der Waals surface area (Å²) < 4.78 is 23.9. The fourth-order valence-corrected chi connectivity index (χ4v) is 18.4. The molecule has 0 aliphatic heterocycles. The Morgan fingerprint density at radius 3 is 0.628 bits per heavy atom. The van der Waals surface area contributed by atoms with Crippen molar-refractivity contribution in [1.82, 2.24) is 0 Å². The third-order valence-electron chi connectivity index (χ3n) is 17.2. The van der Waals surface area contributed by atoms with Crippen LogP contribution < -0.4 is 0 Å². The second-order valence-corrected chi connectivity index (χ2v) is 21.2. The van der Waals surface area contributed by atoms with Crippen LogP contribution in [0, 0.1) is 59.2 Å². The lowest BCUT2D eigenvalue weighted by atomic mass is 9.48. The monoisotopic (exact) mass is 586 g/mol. The van der Waals surface area contributed by atoms with E-state index in [2.05, 4.69) is 0 Å². The molecule has 0 N–H and O–H groups in total. The first kappa shape index (κ1) is 25.9. The molecular weight excluding hydrogens is 528 g/mol. The average Bonchev–Trinajstić information content (AvgIpc) is 2.83. The van der Waals surface area contributed by atoms with Gasteiger partial charge >= 0.3 is 0 Å². The van der Waals surface area contributed by atoms with Crippen LogP contribution in [0.4, 0.5) is 0 Å². The lowest BCUT2D eigenvalue weighted by Gasteiger charge is -2.71. The molecule has 43 heavy (non-hydrogen) atoms. The molecular formula is C40H58O3. The highest BCUT2D eigenvalue weighted by Crippen LogP contribution is 2.70. The maximum Gasteiger partial charge on any atom is 0.0747 e. The molecule has 0 spiro atoms. The van der Waals surface area contributed by atoms with Gasteiger partial charge in [0, 0.05) is 19.3 Å². The highest BCUT2D eigenvalue weighted by Gasteiger charge is 2.71. The Kier molecular flexibility index (Phi) is 4.89. The molecule has 3 heteroatoms. The topological polar surface area (TPSA) is 27.7 Å². The Labute approximate surface area is 260 Å². The third-order valence-corrected chi connectivity index (χ3v) is 17.2. The summed E-state index contributed by atoms with van der Waals surface area (Å²) in [7, 11) is 0. The van der Waals surface area contributed by atoms with Crippen LogP contribution in [-0.4, -0.2) is 33.6 Å². The molecule has 16 bridgehead atoms. The second-order valence-electron chi connectivity index (χ2n) is 21.2. The van der Waals surface area contributed by atoms with Gasteiger partial charge in [0.15, 0.2) is 0 Å². The maximum absolute atomic E-state index is 7.98. The number of hydrogen-bond acceptors (Lipinski definition) is 3. The summed E-state index contributed by atoms with van der Waals surface area (Å²) in [6, 6.07) is 0. The molecule has 0 aromatic heterocycles. The van der Waals surface area contributed by atoms with E-state index in [1.807, 2.05) is 0 Å². The summed E-state index contributed by atoms with van der Waals surface area (Å²) in [4.78, 5) is 0. The van der Waals surface area contributed by atoms with Crippen LogP contribution in [-0.2, 0) is 14.2 Å². The molecule has 0 aromatic carbocycles. The molecule has 0 amide bonds. The van der Waals surface area contributed by atoms with Crippen LogP contribution in [0.5, 0.6) is 0 Å². The van der Waals surface area contributed by atoms with E-state index in [0.717, 1.165) is 59.2 Å². The summed E-state index contributed by atoms with van der Waals surface area (Å²) in [5.41, 5.74) is 0.583. The van der Waals surface area contributed by atoms with Gasteiger partial charge in [0.1, 0.15) is 0 Å². The van der Waals surface area contributed by atoms with Crippen LogP contribution in [0.15, 0.2) is 0 Å². The van der Waals surface area contributed by atoms with Crippen molar-refractivity contribution in [2.24, 2.45) is 59.2 Å². The van der Waals surface area contributed by atoms with Gasteiger partial charge < -0.3 is 14.2 Å². The molecule has 3 nitrogen and oxygen atoms in total. The zero-order valence-corrected chi connectivity index (χ0v) is 27.0. The Bertz CT molecular complexity index is 955. The molecule has 0 radical (unpaired) electrons. The SMILES string of the molecule is C1C2CC3CC1CC(OC14CC5CC(OC67CC8CC(CC(C8)C6)C7)(C1)CC(OC16CC7CC(CC(C7)C1)C6)(C5)C4)(C2)C3. The zero-order chi connectivity index (χ0) is 27.9. The number of ether oxygens (including phenoxy) is 3. The Balaban J connectivity index is 0.920. The van der Waals surface area contributed by atoms with Crippen molar-refractivity contribution in [2.45, 2.75) is 188 Å². The van der Waals surface area contributed by atoms with Crippen LogP contribution in [0.3, 0.4) is 0 Å². The van der Waals surface area contributed by atoms with Crippen LogP contribution in [0.1, 0.15) is 154 Å². The Morgan fingerprint density at radius 2 is 0.419 bits per heavy atom. The minimum Gasteiger partial charge on any atom is -0.368 e. The molecule has 16 aliphatic carbocycles. The predicted octanol–water partition coefficient (Wildman–Crippen LogP) is 9.16. The Morgan fingerprint density at radius 1 is 0.233 bits per heavy atom. The van der Waals surface area contributed by atoms with E-state index in [9.17, 15) is 0 Å². The highest BCUT2D eigenvalue weighted by atomic mass is 16.6. The van der Waals surface area contributed by atoms with Gasteiger partial charge in [-0.3, -0.25) is 0 Å². The summed E-state index contributed by atoms with van der Waals surface area (Å²) in [5, 5.41) is 0. The molecule has 236 valence electrons. The molecule has 16 saturated carbocycles. The van der Waals surface area contributed by atoms with Gasteiger partial charge in [-0.15, -0.1) is 0 Å². The fraction of sp³-hybridized carbons (Fsp3) is 1.00. The Hall–Kier alpha value is -0.120. The van der Waals surface area contributed by atoms with Crippen molar-refractivity contribution in [3.63, 3.8) is 0 Å². The van der Waals surface area contributed by atoms with Crippen molar-refractivity contribution >= 4 is 0 Å². The first-order valence-electron chi connectivity index (χ1n) is 19.8. The fourth-order valence-electron chi connectivity index (χ4n) is 18.4. The quantitative estimate of drug-likeness (QED) is 0.311. The molecule has 16 fully saturated rings. The van der Waals surface area contributed by atoms with Gasteiger partial charge in [-0.05, 0) is 194 Å². The molecule has 16 aliphatic rings. The van der Waals surface area contributed by atoms with Gasteiger partial charge in [-0.1, -0.05) is 0 Å².